The van der Waals surface area contributed by atoms with Crippen LogP contribution in [0.2, 0.25) is 0 Å². The molecule has 2 amide bonds. The Morgan fingerprint density at radius 1 is 1.08 bits per heavy atom. The molecule has 5 heteroatoms. The number of rotatable bonds is 6. The van der Waals surface area contributed by atoms with Crippen molar-refractivity contribution >= 4 is 23.2 Å². The van der Waals surface area contributed by atoms with Crippen molar-refractivity contribution in [1.82, 2.24) is 4.90 Å². The molecule has 0 radical (unpaired) electrons. The molecule has 2 fully saturated rings. The van der Waals surface area contributed by atoms with Crippen LogP contribution in [0.5, 0.6) is 0 Å². The van der Waals surface area contributed by atoms with Gasteiger partial charge >= 0.3 is 0 Å². The molecular formula is C21H31N3O2. The molecule has 2 unspecified atom stereocenters. The van der Waals surface area contributed by atoms with Gasteiger partial charge in [-0.15, -0.1) is 0 Å². The number of hydrogen-bond acceptors (Lipinski definition) is 3. The summed E-state index contributed by atoms with van der Waals surface area (Å²) in [6, 6.07) is 7.95. The quantitative estimate of drug-likeness (QED) is 0.849. The zero-order valence-electron chi connectivity index (χ0n) is 16.2. The van der Waals surface area contributed by atoms with E-state index in [1.165, 1.54) is 0 Å². The van der Waals surface area contributed by atoms with E-state index in [1.54, 1.807) is 0 Å². The molecule has 0 aromatic heterocycles. The molecule has 3 rings (SSSR count). The van der Waals surface area contributed by atoms with Crippen LogP contribution in [-0.2, 0) is 9.59 Å². The van der Waals surface area contributed by atoms with E-state index in [9.17, 15) is 9.59 Å². The standard InChI is InChI=1S/C21H31N3O2/c1-4-23(5-2)17-8-6-16(7-9-17)22-20(25)18-14-19(18)21(26)24-12-10-15(3)11-13-24/h6-9,15,18-19H,4-5,10-14H2,1-3H3,(H,22,25). The summed E-state index contributed by atoms with van der Waals surface area (Å²) in [6.45, 7) is 10.1. The van der Waals surface area contributed by atoms with Crippen molar-refractivity contribution in [2.24, 2.45) is 17.8 Å². The smallest absolute Gasteiger partial charge is 0.228 e. The lowest BCUT2D eigenvalue weighted by Gasteiger charge is -2.30. The first kappa shape index (κ1) is 18.7. The number of amides is 2. The molecule has 1 saturated carbocycles. The second-order valence-corrected chi connectivity index (χ2v) is 7.66. The van der Waals surface area contributed by atoms with Crippen LogP contribution in [0.25, 0.3) is 0 Å². The third-order valence-corrected chi connectivity index (χ3v) is 5.80. The zero-order valence-corrected chi connectivity index (χ0v) is 16.2. The predicted octanol–water partition coefficient (Wildman–Crippen LogP) is 3.37. The maximum absolute atomic E-state index is 12.6. The SMILES string of the molecule is CCN(CC)c1ccc(NC(=O)C2CC2C(=O)N2CCC(C)CC2)cc1. The van der Waals surface area contributed by atoms with Gasteiger partial charge in [-0.25, -0.2) is 0 Å². The van der Waals surface area contributed by atoms with E-state index in [-0.39, 0.29) is 23.7 Å². The molecule has 1 N–H and O–H groups in total. The van der Waals surface area contributed by atoms with Crippen LogP contribution >= 0.6 is 0 Å². The van der Waals surface area contributed by atoms with E-state index >= 15 is 0 Å². The second kappa shape index (κ2) is 8.11. The molecular weight excluding hydrogens is 326 g/mol. The monoisotopic (exact) mass is 357 g/mol. The topological polar surface area (TPSA) is 52.7 Å². The van der Waals surface area contributed by atoms with Crippen molar-refractivity contribution in [3.63, 3.8) is 0 Å². The maximum atomic E-state index is 12.6. The average molecular weight is 357 g/mol. The summed E-state index contributed by atoms with van der Waals surface area (Å²) in [5.41, 5.74) is 1.96. The average Bonchev–Trinajstić information content (AvgIpc) is 3.45. The summed E-state index contributed by atoms with van der Waals surface area (Å²) in [7, 11) is 0. The summed E-state index contributed by atoms with van der Waals surface area (Å²) in [4.78, 5) is 29.2. The number of likely N-dealkylation sites (tertiary alicyclic amines) is 1. The van der Waals surface area contributed by atoms with Gasteiger partial charge in [0.1, 0.15) is 0 Å². The molecule has 5 nitrogen and oxygen atoms in total. The van der Waals surface area contributed by atoms with Gasteiger partial charge in [0.25, 0.3) is 0 Å². The van der Waals surface area contributed by atoms with Gasteiger partial charge in [-0.2, -0.15) is 0 Å². The summed E-state index contributed by atoms with van der Waals surface area (Å²) < 4.78 is 0. The lowest BCUT2D eigenvalue weighted by molar-refractivity contribution is -0.135. The zero-order chi connectivity index (χ0) is 18.7. The fraction of sp³-hybridized carbons (Fsp3) is 0.619. The highest BCUT2D eigenvalue weighted by molar-refractivity contribution is 5.99. The molecule has 1 aliphatic heterocycles. The Kier molecular flexibility index (Phi) is 5.84. The van der Waals surface area contributed by atoms with Crippen LogP contribution < -0.4 is 10.2 Å². The van der Waals surface area contributed by atoms with Gasteiger partial charge in [-0.05, 0) is 63.3 Å². The number of anilines is 2. The largest absolute Gasteiger partial charge is 0.372 e. The Bertz CT molecular complexity index is 631. The van der Waals surface area contributed by atoms with Gasteiger partial charge in [0, 0.05) is 37.6 Å². The number of carbonyl (C=O) groups excluding carboxylic acids is 2. The molecule has 1 heterocycles. The van der Waals surface area contributed by atoms with Crippen molar-refractivity contribution in [1.29, 1.82) is 0 Å². The molecule has 142 valence electrons. The molecule has 0 bridgehead atoms. The Balaban J connectivity index is 1.51. The summed E-state index contributed by atoms with van der Waals surface area (Å²) in [6.07, 6.45) is 2.84. The van der Waals surface area contributed by atoms with Gasteiger partial charge in [0.05, 0.1) is 11.8 Å². The summed E-state index contributed by atoms with van der Waals surface area (Å²) >= 11 is 0. The normalized spacial score (nSPS) is 22.8. The number of benzene rings is 1. The number of carbonyl (C=O) groups is 2. The molecule has 1 aromatic rings. The van der Waals surface area contributed by atoms with Crippen LogP contribution in [0, 0.1) is 17.8 Å². The van der Waals surface area contributed by atoms with Crippen LogP contribution in [0.3, 0.4) is 0 Å². The Morgan fingerprint density at radius 2 is 1.69 bits per heavy atom. The van der Waals surface area contributed by atoms with E-state index in [4.69, 9.17) is 0 Å². The molecule has 1 saturated heterocycles. The lowest BCUT2D eigenvalue weighted by atomic mass is 9.99. The number of nitrogens with zero attached hydrogens (tertiary/aromatic N) is 2. The van der Waals surface area contributed by atoms with Crippen molar-refractivity contribution < 1.29 is 9.59 Å². The highest BCUT2D eigenvalue weighted by Crippen LogP contribution is 2.41. The maximum Gasteiger partial charge on any atom is 0.228 e. The van der Waals surface area contributed by atoms with Crippen molar-refractivity contribution in [2.75, 3.05) is 36.4 Å². The third kappa shape index (κ3) is 4.19. The fourth-order valence-electron chi connectivity index (χ4n) is 3.80. The van der Waals surface area contributed by atoms with Gasteiger partial charge in [-0.1, -0.05) is 6.92 Å². The van der Waals surface area contributed by atoms with Crippen molar-refractivity contribution in [3.05, 3.63) is 24.3 Å². The van der Waals surface area contributed by atoms with E-state index < -0.39 is 0 Å². The Labute approximate surface area is 156 Å². The minimum atomic E-state index is -0.163. The number of piperidine rings is 1. The van der Waals surface area contributed by atoms with Gasteiger partial charge in [0.15, 0.2) is 0 Å². The van der Waals surface area contributed by atoms with E-state index in [0.29, 0.717) is 12.3 Å². The first-order chi connectivity index (χ1) is 12.5. The van der Waals surface area contributed by atoms with E-state index in [1.807, 2.05) is 29.2 Å². The van der Waals surface area contributed by atoms with Crippen molar-refractivity contribution in [3.8, 4) is 0 Å². The molecule has 1 aliphatic carbocycles. The highest BCUT2D eigenvalue weighted by Gasteiger charge is 2.49. The molecule has 0 spiro atoms. The van der Waals surface area contributed by atoms with E-state index in [2.05, 4.69) is 31.0 Å². The Morgan fingerprint density at radius 3 is 2.27 bits per heavy atom. The van der Waals surface area contributed by atoms with Crippen LogP contribution in [-0.4, -0.2) is 42.9 Å². The first-order valence-corrected chi connectivity index (χ1v) is 9.98. The Hall–Kier alpha value is -2.04. The molecule has 2 aliphatic rings. The van der Waals surface area contributed by atoms with Crippen LogP contribution in [0.4, 0.5) is 11.4 Å². The number of nitrogens with one attached hydrogen (secondary N) is 1. The number of hydrogen-bond donors (Lipinski definition) is 1. The van der Waals surface area contributed by atoms with Crippen LogP contribution in [0.15, 0.2) is 24.3 Å². The second-order valence-electron chi connectivity index (χ2n) is 7.66. The predicted molar refractivity (Wildman–Crippen MR) is 105 cm³/mol. The van der Waals surface area contributed by atoms with Crippen LogP contribution in [0.1, 0.15) is 40.0 Å². The summed E-state index contributed by atoms with van der Waals surface area (Å²) in [5, 5.41) is 2.97. The molecule has 2 atom stereocenters. The van der Waals surface area contributed by atoms with E-state index in [0.717, 1.165) is 50.4 Å². The summed E-state index contributed by atoms with van der Waals surface area (Å²) in [5.74, 6) is 0.581. The third-order valence-electron chi connectivity index (χ3n) is 5.80. The van der Waals surface area contributed by atoms with Gasteiger partial charge < -0.3 is 15.1 Å². The lowest BCUT2D eigenvalue weighted by Crippen LogP contribution is -2.39. The first-order valence-electron chi connectivity index (χ1n) is 9.98. The van der Waals surface area contributed by atoms with Crippen molar-refractivity contribution in [2.45, 2.75) is 40.0 Å². The highest BCUT2D eigenvalue weighted by atomic mass is 16.2. The minimum absolute atomic E-state index is 0.0238. The molecule has 1 aromatic carbocycles. The minimum Gasteiger partial charge on any atom is -0.372 e. The van der Waals surface area contributed by atoms with Gasteiger partial charge in [0.2, 0.25) is 11.8 Å². The molecule has 26 heavy (non-hydrogen) atoms. The van der Waals surface area contributed by atoms with Gasteiger partial charge in [-0.3, -0.25) is 9.59 Å². The fourth-order valence-corrected chi connectivity index (χ4v) is 3.80.